The maximum Gasteiger partial charge on any atom is 0.118 e. The minimum Gasteiger partial charge on any atom is -0.497 e. The first kappa shape index (κ1) is 12.8. The van der Waals surface area contributed by atoms with Gasteiger partial charge in [-0.2, -0.15) is 11.8 Å². The summed E-state index contributed by atoms with van der Waals surface area (Å²) in [5.74, 6) is 2.21. The van der Waals surface area contributed by atoms with Gasteiger partial charge in [0.05, 0.1) is 7.11 Å². The van der Waals surface area contributed by atoms with Crippen LogP contribution in [0.25, 0.3) is 0 Å². The minimum atomic E-state index is 0.409. The Hall–Kier alpha value is -0.670. The fourth-order valence-corrected chi connectivity index (χ4v) is 3.47. The summed E-state index contributed by atoms with van der Waals surface area (Å²) in [4.78, 5) is 0. The van der Waals surface area contributed by atoms with Crippen LogP contribution in [0.5, 0.6) is 5.75 Å². The van der Waals surface area contributed by atoms with Gasteiger partial charge in [-0.3, -0.25) is 0 Å². The predicted octanol–water partition coefficient (Wildman–Crippen LogP) is 3.24. The number of hydrogen-bond acceptors (Lipinski definition) is 3. The molecule has 1 saturated heterocycles. The van der Waals surface area contributed by atoms with Crippen molar-refractivity contribution in [2.75, 3.05) is 12.9 Å². The molecule has 1 aliphatic heterocycles. The van der Waals surface area contributed by atoms with Gasteiger partial charge in [-0.15, -0.1) is 0 Å². The number of rotatable bonds is 4. The van der Waals surface area contributed by atoms with E-state index in [1.54, 1.807) is 7.11 Å². The quantitative estimate of drug-likeness (QED) is 0.887. The summed E-state index contributed by atoms with van der Waals surface area (Å²) in [6.45, 7) is 4.55. The molecule has 1 heterocycles. The van der Waals surface area contributed by atoms with Crippen LogP contribution in [0.2, 0.25) is 0 Å². The average Bonchev–Trinajstić information content (AvgIpc) is 2.75. The van der Waals surface area contributed by atoms with Crippen LogP contribution in [-0.4, -0.2) is 24.2 Å². The summed E-state index contributed by atoms with van der Waals surface area (Å²) in [5, 5.41) is 4.45. The van der Waals surface area contributed by atoms with Crippen LogP contribution in [0.1, 0.15) is 31.9 Å². The van der Waals surface area contributed by atoms with E-state index >= 15 is 0 Å². The van der Waals surface area contributed by atoms with Crippen LogP contribution in [-0.2, 0) is 0 Å². The number of nitrogens with one attached hydrogen (secondary N) is 1. The Balaban J connectivity index is 1.96. The molecular formula is C14H21NOS. The second-order valence-electron chi connectivity index (χ2n) is 4.63. The van der Waals surface area contributed by atoms with Gasteiger partial charge >= 0.3 is 0 Å². The SMILES string of the molecule is COc1ccc([C@@H](C)NC2CCSC2C)cc1. The number of methoxy groups -OCH3 is 1. The molecular weight excluding hydrogens is 230 g/mol. The van der Waals surface area contributed by atoms with Gasteiger partial charge in [-0.05, 0) is 36.8 Å². The third-order valence-electron chi connectivity index (χ3n) is 3.46. The van der Waals surface area contributed by atoms with E-state index < -0.39 is 0 Å². The van der Waals surface area contributed by atoms with Crippen molar-refractivity contribution in [3.05, 3.63) is 29.8 Å². The summed E-state index contributed by atoms with van der Waals surface area (Å²) in [5.41, 5.74) is 1.33. The van der Waals surface area contributed by atoms with Crippen LogP contribution >= 0.6 is 11.8 Å². The van der Waals surface area contributed by atoms with Crippen molar-refractivity contribution in [1.29, 1.82) is 0 Å². The summed E-state index contributed by atoms with van der Waals surface area (Å²) < 4.78 is 5.18. The van der Waals surface area contributed by atoms with E-state index in [4.69, 9.17) is 4.74 Å². The van der Waals surface area contributed by atoms with Crippen molar-refractivity contribution in [1.82, 2.24) is 5.32 Å². The smallest absolute Gasteiger partial charge is 0.118 e. The van der Waals surface area contributed by atoms with E-state index in [0.717, 1.165) is 11.0 Å². The zero-order valence-corrected chi connectivity index (χ0v) is 11.6. The Morgan fingerprint density at radius 2 is 2.06 bits per heavy atom. The summed E-state index contributed by atoms with van der Waals surface area (Å²) in [6, 6.07) is 9.40. The van der Waals surface area contributed by atoms with Gasteiger partial charge in [-0.1, -0.05) is 19.1 Å². The molecule has 0 amide bonds. The molecule has 1 aromatic rings. The van der Waals surface area contributed by atoms with Gasteiger partial charge in [0.2, 0.25) is 0 Å². The lowest BCUT2D eigenvalue weighted by atomic mass is 10.1. The molecule has 2 unspecified atom stereocenters. The van der Waals surface area contributed by atoms with Crippen LogP contribution in [0.15, 0.2) is 24.3 Å². The molecule has 2 rings (SSSR count). The summed E-state index contributed by atoms with van der Waals surface area (Å²) in [6.07, 6.45) is 1.28. The molecule has 0 aromatic heterocycles. The molecule has 2 nitrogen and oxygen atoms in total. The van der Waals surface area contributed by atoms with Crippen molar-refractivity contribution in [2.45, 2.75) is 37.6 Å². The second-order valence-corrected chi connectivity index (χ2v) is 6.12. The van der Waals surface area contributed by atoms with Crippen molar-refractivity contribution in [3.63, 3.8) is 0 Å². The van der Waals surface area contributed by atoms with Gasteiger partial charge in [0.1, 0.15) is 5.75 Å². The van der Waals surface area contributed by atoms with Crippen LogP contribution in [0, 0.1) is 0 Å². The lowest BCUT2D eigenvalue weighted by molar-refractivity contribution is 0.413. The highest BCUT2D eigenvalue weighted by Gasteiger charge is 2.25. The van der Waals surface area contributed by atoms with E-state index in [1.165, 1.54) is 17.7 Å². The Labute approximate surface area is 108 Å². The zero-order chi connectivity index (χ0) is 12.3. The Kier molecular flexibility index (Phi) is 4.35. The zero-order valence-electron chi connectivity index (χ0n) is 10.8. The van der Waals surface area contributed by atoms with Crippen molar-refractivity contribution >= 4 is 11.8 Å². The fourth-order valence-electron chi connectivity index (χ4n) is 2.26. The van der Waals surface area contributed by atoms with Gasteiger partial charge in [0.25, 0.3) is 0 Å². The molecule has 1 N–H and O–H groups in total. The first-order valence-electron chi connectivity index (χ1n) is 6.22. The van der Waals surface area contributed by atoms with Crippen molar-refractivity contribution in [3.8, 4) is 5.75 Å². The highest BCUT2D eigenvalue weighted by molar-refractivity contribution is 8.00. The number of ether oxygens (including phenoxy) is 1. The van der Waals surface area contributed by atoms with Gasteiger partial charge in [-0.25, -0.2) is 0 Å². The Bertz CT molecular complexity index is 352. The molecule has 0 spiro atoms. The van der Waals surface area contributed by atoms with Gasteiger partial charge in [0.15, 0.2) is 0 Å². The van der Waals surface area contributed by atoms with E-state index in [9.17, 15) is 0 Å². The molecule has 3 heteroatoms. The maximum absolute atomic E-state index is 5.18. The van der Waals surface area contributed by atoms with Crippen LogP contribution in [0.3, 0.4) is 0 Å². The molecule has 0 bridgehead atoms. The molecule has 1 fully saturated rings. The molecule has 94 valence electrons. The van der Waals surface area contributed by atoms with Crippen LogP contribution < -0.4 is 10.1 Å². The first-order chi connectivity index (χ1) is 8.20. The molecule has 1 aromatic carbocycles. The normalized spacial score (nSPS) is 25.8. The maximum atomic E-state index is 5.18. The lowest BCUT2D eigenvalue weighted by Gasteiger charge is -2.22. The Morgan fingerprint density at radius 1 is 1.35 bits per heavy atom. The Morgan fingerprint density at radius 3 is 2.59 bits per heavy atom. The second kappa shape index (κ2) is 5.78. The van der Waals surface area contributed by atoms with E-state index in [0.29, 0.717) is 12.1 Å². The monoisotopic (exact) mass is 251 g/mol. The lowest BCUT2D eigenvalue weighted by Crippen LogP contribution is -2.35. The van der Waals surface area contributed by atoms with Crippen molar-refractivity contribution in [2.24, 2.45) is 0 Å². The number of benzene rings is 1. The highest BCUT2D eigenvalue weighted by Crippen LogP contribution is 2.28. The molecule has 3 atom stereocenters. The van der Waals surface area contributed by atoms with Crippen LogP contribution in [0.4, 0.5) is 0 Å². The third kappa shape index (κ3) is 3.17. The average molecular weight is 251 g/mol. The fraction of sp³-hybridized carbons (Fsp3) is 0.571. The predicted molar refractivity (Wildman–Crippen MR) is 74.9 cm³/mol. The molecule has 17 heavy (non-hydrogen) atoms. The van der Waals surface area contributed by atoms with E-state index in [-0.39, 0.29) is 0 Å². The standard InChI is InChI=1S/C14H21NOS/c1-10(15-14-8-9-17-11(14)2)12-4-6-13(16-3)7-5-12/h4-7,10-11,14-15H,8-9H2,1-3H3/t10-,11?,14?/m1/s1. The van der Waals surface area contributed by atoms with E-state index in [2.05, 4.69) is 43.1 Å². The van der Waals surface area contributed by atoms with E-state index in [1.807, 2.05) is 12.1 Å². The first-order valence-corrected chi connectivity index (χ1v) is 7.27. The largest absolute Gasteiger partial charge is 0.497 e. The van der Waals surface area contributed by atoms with Gasteiger partial charge in [0, 0.05) is 17.3 Å². The number of thioether (sulfide) groups is 1. The third-order valence-corrected chi connectivity index (χ3v) is 4.78. The molecule has 0 radical (unpaired) electrons. The highest BCUT2D eigenvalue weighted by atomic mass is 32.2. The number of hydrogen-bond donors (Lipinski definition) is 1. The summed E-state index contributed by atoms with van der Waals surface area (Å²) >= 11 is 2.07. The summed E-state index contributed by atoms with van der Waals surface area (Å²) in [7, 11) is 1.70. The topological polar surface area (TPSA) is 21.3 Å². The minimum absolute atomic E-state index is 0.409. The molecule has 1 aliphatic rings. The van der Waals surface area contributed by atoms with Gasteiger partial charge < -0.3 is 10.1 Å². The van der Waals surface area contributed by atoms with Crippen molar-refractivity contribution < 1.29 is 4.74 Å². The molecule has 0 saturated carbocycles. The molecule has 0 aliphatic carbocycles.